The van der Waals surface area contributed by atoms with E-state index < -0.39 is 40.2 Å². The van der Waals surface area contributed by atoms with Gasteiger partial charge in [0.05, 0.1) is 9.82 Å². The van der Waals surface area contributed by atoms with Crippen molar-refractivity contribution >= 4 is 29.3 Å². The Morgan fingerprint density at radius 2 is 2.10 bits per heavy atom. The fourth-order valence-corrected chi connectivity index (χ4v) is 2.50. The van der Waals surface area contributed by atoms with Gasteiger partial charge in [0.2, 0.25) is 11.7 Å². The van der Waals surface area contributed by atoms with Gasteiger partial charge in [0.15, 0.2) is 0 Å². The number of nitro groups is 1. The second kappa shape index (κ2) is 6.97. The Bertz CT molecular complexity index is 596. The van der Waals surface area contributed by atoms with Gasteiger partial charge < -0.3 is 10.4 Å². The molecule has 0 aromatic heterocycles. The number of carbonyl (C=O) groups is 2. The first-order chi connectivity index (χ1) is 9.72. The molecule has 1 unspecified atom stereocenters. The van der Waals surface area contributed by atoms with Crippen molar-refractivity contribution in [3.05, 3.63) is 33.9 Å². The number of benzene rings is 1. The van der Waals surface area contributed by atoms with E-state index in [1.807, 2.05) is 0 Å². The summed E-state index contributed by atoms with van der Waals surface area (Å²) in [6, 6.07) is -0.234. The van der Waals surface area contributed by atoms with Crippen LogP contribution in [0.3, 0.4) is 0 Å². The van der Waals surface area contributed by atoms with Crippen molar-refractivity contribution in [2.45, 2.75) is 17.9 Å². The molecule has 0 saturated carbocycles. The Morgan fingerprint density at radius 3 is 2.57 bits per heavy atom. The predicted molar refractivity (Wildman–Crippen MR) is 69.0 cm³/mol. The molecule has 2 N–H and O–H groups in total. The fourth-order valence-electron chi connectivity index (χ4n) is 1.42. The molecule has 0 bridgehead atoms. The third kappa shape index (κ3) is 4.67. The predicted octanol–water partition coefficient (Wildman–Crippen LogP) is 1.55. The summed E-state index contributed by atoms with van der Waals surface area (Å²) in [7, 11) is 0. The van der Waals surface area contributed by atoms with Crippen LogP contribution in [0.15, 0.2) is 17.0 Å². The van der Waals surface area contributed by atoms with Gasteiger partial charge in [-0.15, -0.1) is 11.8 Å². The molecule has 7 nitrogen and oxygen atoms in total. The summed E-state index contributed by atoms with van der Waals surface area (Å²) in [6.45, 7) is 1.10. The first-order valence-corrected chi connectivity index (χ1v) is 6.47. The van der Waals surface area contributed by atoms with E-state index in [2.05, 4.69) is 5.32 Å². The van der Waals surface area contributed by atoms with Crippen molar-refractivity contribution in [2.75, 3.05) is 5.75 Å². The van der Waals surface area contributed by atoms with E-state index >= 15 is 0 Å². The molecule has 0 fully saturated rings. The van der Waals surface area contributed by atoms with E-state index in [0.29, 0.717) is 17.8 Å². The summed E-state index contributed by atoms with van der Waals surface area (Å²) >= 11 is 0.565. The standard InChI is InChI=1S/C11H10F2N2O5S/c1-5(16)14-8(11(17)18)4-21-9-3-6(12)2-7(13)10(9)15(19)20/h2-3,8H,4H2,1H3,(H,14,16)(H,17,18). The number of hydrogen-bond donors (Lipinski definition) is 2. The highest BCUT2D eigenvalue weighted by Crippen LogP contribution is 2.32. The molecule has 0 saturated heterocycles. The van der Waals surface area contributed by atoms with Crippen molar-refractivity contribution in [1.29, 1.82) is 0 Å². The lowest BCUT2D eigenvalue weighted by Crippen LogP contribution is -2.41. The third-order valence-corrected chi connectivity index (χ3v) is 3.38. The van der Waals surface area contributed by atoms with Gasteiger partial charge in [-0.05, 0) is 6.07 Å². The molecular weight excluding hydrogens is 310 g/mol. The van der Waals surface area contributed by atoms with E-state index in [1.54, 1.807) is 0 Å². The SMILES string of the molecule is CC(=O)NC(CSc1cc(F)cc(F)c1[N+](=O)[O-])C(=O)O. The lowest BCUT2D eigenvalue weighted by molar-refractivity contribution is -0.390. The van der Waals surface area contributed by atoms with Crippen LogP contribution in [-0.2, 0) is 9.59 Å². The van der Waals surface area contributed by atoms with Crippen molar-refractivity contribution < 1.29 is 28.4 Å². The molecular formula is C11H10F2N2O5S. The molecule has 1 rings (SSSR count). The minimum atomic E-state index is -1.36. The van der Waals surface area contributed by atoms with Crippen LogP contribution < -0.4 is 5.32 Å². The first-order valence-electron chi connectivity index (χ1n) is 5.48. The highest BCUT2D eigenvalue weighted by molar-refractivity contribution is 7.99. The van der Waals surface area contributed by atoms with Crippen molar-refractivity contribution in [2.24, 2.45) is 0 Å². The van der Waals surface area contributed by atoms with Gasteiger partial charge in [0.1, 0.15) is 11.9 Å². The molecule has 1 atom stereocenters. The average Bonchev–Trinajstić information content (AvgIpc) is 2.32. The van der Waals surface area contributed by atoms with Crippen LogP contribution in [-0.4, -0.2) is 33.7 Å². The van der Waals surface area contributed by atoms with Crippen molar-refractivity contribution in [3.8, 4) is 0 Å². The van der Waals surface area contributed by atoms with Crippen LogP contribution in [0.1, 0.15) is 6.92 Å². The van der Waals surface area contributed by atoms with E-state index in [9.17, 15) is 28.5 Å². The van der Waals surface area contributed by atoms with E-state index in [4.69, 9.17) is 5.11 Å². The molecule has 0 aliphatic carbocycles. The van der Waals surface area contributed by atoms with Crippen LogP contribution in [0.4, 0.5) is 14.5 Å². The van der Waals surface area contributed by atoms with E-state index in [-0.39, 0.29) is 10.6 Å². The van der Waals surface area contributed by atoms with Gasteiger partial charge >= 0.3 is 11.7 Å². The lowest BCUT2D eigenvalue weighted by atomic mass is 10.3. The Morgan fingerprint density at radius 1 is 1.48 bits per heavy atom. The number of nitrogens with one attached hydrogen (secondary N) is 1. The summed E-state index contributed by atoms with van der Waals surface area (Å²) in [5, 5.41) is 21.7. The molecule has 114 valence electrons. The summed E-state index contributed by atoms with van der Waals surface area (Å²) in [5.41, 5.74) is -0.937. The topological polar surface area (TPSA) is 110 Å². The van der Waals surface area contributed by atoms with Crippen LogP contribution in [0.25, 0.3) is 0 Å². The molecule has 0 spiro atoms. The van der Waals surface area contributed by atoms with Gasteiger partial charge in [-0.2, -0.15) is 4.39 Å². The molecule has 10 heteroatoms. The molecule has 0 radical (unpaired) electrons. The van der Waals surface area contributed by atoms with E-state index in [1.165, 1.54) is 0 Å². The quantitative estimate of drug-likeness (QED) is 0.467. The van der Waals surface area contributed by atoms with Crippen LogP contribution in [0, 0.1) is 21.7 Å². The van der Waals surface area contributed by atoms with Gasteiger partial charge in [-0.25, -0.2) is 9.18 Å². The molecule has 1 amide bonds. The summed E-state index contributed by atoms with van der Waals surface area (Å²) in [6.07, 6.45) is 0. The Kier molecular flexibility index (Phi) is 5.59. The summed E-state index contributed by atoms with van der Waals surface area (Å²) in [5.74, 6) is -4.67. The molecule has 21 heavy (non-hydrogen) atoms. The second-order valence-electron chi connectivity index (χ2n) is 3.89. The van der Waals surface area contributed by atoms with Crippen molar-refractivity contribution in [3.63, 3.8) is 0 Å². The Hall–Kier alpha value is -2.23. The molecule has 0 heterocycles. The first kappa shape index (κ1) is 16.8. The normalized spacial score (nSPS) is 11.8. The number of nitro benzene ring substituents is 1. The third-order valence-electron chi connectivity index (χ3n) is 2.26. The number of carboxylic acid groups (broad SMARTS) is 1. The zero-order chi connectivity index (χ0) is 16.2. The fraction of sp³-hybridized carbons (Fsp3) is 0.273. The lowest BCUT2D eigenvalue weighted by Gasteiger charge is -2.12. The minimum Gasteiger partial charge on any atom is -0.480 e. The zero-order valence-electron chi connectivity index (χ0n) is 10.6. The monoisotopic (exact) mass is 320 g/mol. The maximum absolute atomic E-state index is 13.4. The maximum atomic E-state index is 13.4. The van der Waals surface area contributed by atoms with Gasteiger partial charge in [-0.1, -0.05) is 0 Å². The van der Waals surface area contributed by atoms with E-state index in [0.717, 1.165) is 13.0 Å². The zero-order valence-corrected chi connectivity index (χ0v) is 11.4. The van der Waals surface area contributed by atoms with Gasteiger partial charge in [-0.3, -0.25) is 14.9 Å². The van der Waals surface area contributed by atoms with Gasteiger partial charge in [0, 0.05) is 18.7 Å². The maximum Gasteiger partial charge on any atom is 0.327 e. The van der Waals surface area contributed by atoms with Gasteiger partial charge in [0.25, 0.3) is 0 Å². The van der Waals surface area contributed by atoms with Crippen molar-refractivity contribution in [1.82, 2.24) is 5.32 Å². The molecule has 0 aliphatic rings. The average molecular weight is 320 g/mol. The Balaban J connectivity index is 2.99. The van der Waals surface area contributed by atoms with Crippen LogP contribution in [0.5, 0.6) is 0 Å². The Labute approximate surface area is 121 Å². The highest BCUT2D eigenvalue weighted by atomic mass is 32.2. The largest absolute Gasteiger partial charge is 0.480 e. The second-order valence-corrected chi connectivity index (χ2v) is 4.96. The number of nitrogens with zero attached hydrogens (tertiary/aromatic N) is 1. The number of thioether (sulfide) groups is 1. The molecule has 0 aliphatic heterocycles. The van der Waals surface area contributed by atoms with Crippen LogP contribution in [0.2, 0.25) is 0 Å². The van der Waals surface area contributed by atoms with Crippen LogP contribution >= 0.6 is 11.8 Å². The number of carboxylic acids is 1. The summed E-state index contributed by atoms with van der Waals surface area (Å²) < 4.78 is 26.5. The number of hydrogen-bond acceptors (Lipinski definition) is 5. The smallest absolute Gasteiger partial charge is 0.327 e. The number of aliphatic carboxylic acids is 1. The number of amides is 1. The molecule has 1 aromatic carbocycles. The minimum absolute atomic E-state index is 0.321. The number of carbonyl (C=O) groups excluding carboxylic acids is 1. The highest BCUT2D eigenvalue weighted by Gasteiger charge is 2.25. The number of halogens is 2. The summed E-state index contributed by atoms with van der Waals surface area (Å²) in [4.78, 5) is 31.1. The number of rotatable bonds is 6. The molecule has 1 aromatic rings.